The number of primary sulfonamides is 1. The normalized spacial score (nSPS) is 22.9. The average molecular weight is 316 g/mol. The van der Waals surface area contributed by atoms with Crippen LogP contribution in [-0.2, 0) is 19.6 Å². The van der Waals surface area contributed by atoms with Gasteiger partial charge >= 0.3 is 0 Å². The fourth-order valence-electron chi connectivity index (χ4n) is 2.49. The molecule has 0 aromatic heterocycles. The standard InChI is InChI=1S/C14H24N2O4S/c1-6-16(7-2)14(17)12-10(4)9(3)8-11(20-5)13(12)21(15,18)19/h8-10H,6-7H2,1-5H3,(H2,15,18,19). The van der Waals surface area contributed by atoms with Gasteiger partial charge in [0, 0.05) is 18.7 Å². The summed E-state index contributed by atoms with van der Waals surface area (Å²) in [6.07, 6.45) is 1.70. The number of sulfonamides is 1. The second-order valence-corrected chi connectivity index (χ2v) is 6.65. The van der Waals surface area contributed by atoms with E-state index in [0.29, 0.717) is 13.1 Å². The van der Waals surface area contributed by atoms with Gasteiger partial charge in [-0.15, -0.1) is 0 Å². The summed E-state index contributed by atoms with van der Waals surface area (Å²) >= 11 is 0. The Morgan fingerprint density at radius 1 is 1.33 bits per heavy atom. The summed E-state index contributed by atoms with van der Waals surface area (Å²) < 4.78 is 29.1. The van der Waals surface area contributed by atoms with E-state index >= 15 is 0 Å². The number of ether oxygens (including phenoxy) is 1. The largest absolute Gasteiger partial charge is 0.496 e. The van der Waals surface area contributed by atoms with Crippen molar-refractivity contribution in [1.29, 1.82) is 0 Å². The molecule has 0 bridgehead atoms. The molecule has 1 amide bonds. The molecule has 2 atom stereocenters. The van der Waals surface area contributed by atoms with E-state index in [1.165, 1.54) is 7.11 Å². The number of amides is 1. The third-order valence-electron chi connectivity index (χ3n) is 3.91. The average Bonchev–Trinajstić information content (AvgIpc) is 2.40. The van der Waals surface area contributed by atoms with Gasteiger partial charge in [0.25, 0.3) is 5.91 Å². The highest BCUT2D eigenvalue weighted by atomic mass is 32.2. The van der Waals surface area contributed by atoms with Crippen LogP contribution >= 0.6 is 0 Å². The number of nitrogens with two attached hydrogens (primary N) is 1. The first kappa shape index (κ1) is 17.7. The number of methoxy groups -OCH3 is 1. The third-order valence-corrected chi connectivity index (χ3v) is 4.90. The van der Waals surface area contributed by atoms with E-state index in [9.17, 15) is 13.2 Å². The fraction of sp³-hybridized carbons (Fsp3) is 0.643. The van der Waals surface area contributed by atoms with Crippen LogP contribution in [0.1, 0.15) is 27.7 Å². The van der Waals surface area contributed by atoms with Crippen LogP contribution in [0.2, 0.25) is 0 Å². The van der Waals surface area contributed by atoms with Crippen LogP contribution in [0.3, 0.4) is 0 Å². The minimum atomic E-state index is -4.05. The summed E-state index contributed by atoms with van der Waals surface area (Å²) in [6, 6.07) is 0. The zero-order chi connectivity index (χ0) is 16.4. The highest BCUT2D eigenvalue weighted by Gasteiger charge is 2.37. The van der Waals surface area contributed by atoms with Crippen molar-refractivity contribution >= 4 is 15.9 Å². The Labute approximate surface area is 126 Å². The Balaban J connectivity index is 3.58. The molecule has 0 saturated heterocycles. The van der Waals surface area contributed by atoms with Gasteiger partial charge in [-0.25, -0.2) is 13.6 Å². The first-order valence-electron chi connectivity index (χ1n) is 7.01. The molecule has 0 aromatic rings. The van der Waals surface area contributed by atoms with Gasteiger partial charge in [-0.2, -0.15) is 0 Å². The van der Waals surface area contributed by atoms with Gasteiger partial charge in [0.2, 0.25) is 10.0 Å². The molecular formula is C14H24N2O4S. The molecule has 7 heteroatoms. The van der Waals surface area contributed by atoms with Gasteiger partial charge < -0.3 is 9.64 Å². The lowest BCUT2D eigenvalue weighted by Gasteiger charge is -2.31. The molecule has 6 nitrogen and oxygen atoms in total. The highest BCUT2D eigenvalue weighted by Crippen LogP contribution is 2.36. The number of rotatable bonds is 5. The minimum Gasteiger partial charge on any atom is -0.496 e. The fourth-order valence-corrected chi connectivity index (χ4v) is 3.50. The van der Waals surface area contributed by atoms with Crippen molar-refractivity contribution in [2.45, 2.75) is 27.7 Å². The van der Waals surface area contributed by atoms with Crippen molar-refractivity contribution in [3.8, 4) is 0 Å². The van der Waals surface area contributed by atoms with Gasteiger partial charge in [-0.1, -0.05) is 13.8 Å². The predicted molar refractivity (Wildman–Crippen MR) is 81.5 cm³/mol. The zero-order valence-electron chi connectivity index (χ0n) is 13.2. The van der Waals surface area contributed by atoms with Crippen molar-refractivity contribution in [3.63, 3.8) is 0 Å². The van der Waals surface area contributed by atoms with E-state index in [-0.39, 0.29) is 34.0 Å². The van der Waals surface area contributed by atoms with E-state index in [4.69, 9.17) is 9.88 Å². The summed E-state index contributed by atoms with van der Waals surface area (Å²) in [4.78, 5) is 14.1. The van der Waals surface area contributed by atoms with Crippen LogP contribution in [0.25, 0.3) is 0 Å². The monoisotopic (exact) mass is 316 g/mol. The molecular weight excluding hydrogens is 292 g/mol. The predicted octanol–water partition coefficient (Wildman–Crippen LogP) is 1.21. The molecule has 1 aliphatic carbocycles. The Bertz CT molecular complexity index is 574. The summed E-state index contributed by atoms with van der Waals surface area (Å²) in [5.41, 5.74) is 0.216. The van der Waals surface area contributed by atoms with Crippen LogP contribution in [-0.4, -0.2) is 39.4 Å². The lowest BCUT2D eigenvalue weighted by atomic mass is 9.83. The molecule has 1 aliphatic rings. The first-order chi connectivity index (χ1) is 9.68. The van der Waals surface area contributed by atoms with Crippen LogP contribution in [0.5, 0.6) is 0 Å². The number of likely N-dealkylation sites (N-methyl/N-ethyl adjacent to an activating group) is 1. The quantitative estimate of drug-likeness (QED) is 0.825. The van der Waals surface area contributed by atoms with Crippen molar-refractivity contribution in [3.05, 3.63) is 22.3 Å². The lowest BCUT2D eigenvalue weighted by Crippen LogP contribution is -2.38. The minimum absolute atomic E-state index is 0.0139. The van der Waals surface area contributed by atoms with E-state index in [1.54, 1.807) is 11.0 Å². The number of hydrogen-bond acceptors (Lipinski definition) is 4. The van der Waals surface area contributed by atoms with Crippen LogP contribution in [0.4, 0.5) is 0 Å². The number of hydrogen-bond donors (Lipinski definition) is 1. The molecule has 21 heavy (non-hydrogen) atoms. The molecule has 0 heterocycles. The Morgan fingerprint density at radius 2 is 1.86 bits per heavy atom. The summed E-state index contributed by atoms with van der Waals surface area (Å²) in [5.74, 6) is -0.407. The van der Waals surface area contributed by atoms with Crippen molar-refractivity contribution in [2.75, 3.05) is 20.2 Å². The van der Waals surface area contributed by atoms with Gasteiger partial charge in [-0.05, 0) is 31.8 Å². The van der Waals surface area contributed by atoms with Crippen molar-refractivity contribution < 1.29 is 17.9 Å². The molecule has 2 unspecified atom stereocenters. The second-order valence-electron chi connectivity index (χ2n) is 5.15. The van der Waals surface area contributed by atoms with Crippen LogP contribution < -0.4 is 5.14 Å². The van der Waals surface area contributed by atoms with Crippen LogP contribution in [0.15, 0.2) is 22.3 Å². The second kappa shape index (κ2) is 6.62. The van der Waals surface area contributed by atoms with E-state index in [1.807, 2.05) is 27.7 Å². The molecule has 0 saturated carbocycles. The smallest absolute Gasteiger partial charge is 0.251 e. The Kier molecular flexibility index (Phi) is 5.58. The molecule has 0 spiro atoms. The molecule has 120 valence electrons. The zero-order valence-corrected chi connectivity index (χ0v) is 14.0. The number of carbonyl (C=O) groups excluding carboxylic acids is 1. The Hall–Kier alpha value is -1.34. The van der Waals surface area contributed by atoms with E-state index in [0.717, 1.165) is 0 Å². The number of allylic oxidation sites excluding steroid dienone is 1. The molecule has 0 radical (unpaired) electrons. The Morgan fingerprint density at radius 3 is 2.24 bits per heavy atom. The maximum absolute atomic E-state index is 12.7. The maximum atomic E-state index is 12.7. The third kappa shape index (κ3) is 3.47. The van der Waals surface area contributed by atoms with Gasteiger partial charge in [0.05, 0.1) is 7.11 Å². The molecule has 0 fully saturated rings. The molecule has 0 aromatic carbocycles. The summed E-state index contributed by atoms with van der Waals surface area (Å²) in [7, 11) is -2.67. The first-order valence-corrected chi connectivity index (χ1v) is 8.55. The molecule has 0 aliphatic heterocycles. The van der Waals surface area contributed by atoms with E-state index < -0.39 is 10.0 Å². The number of nitrogens with zero attached hydrogens (tertiary/aromatic N) is 1. The van der Waals surface area contributed by atoms with Gasteiger partial charge in [-0.3, -0.25) is 4.79 Å². The van der Waals surface area contributed by atoms with E-state index in [2.05, 4.69) is 0 Å². The van der Waals surface area contributed by atoms with Gasteiger partial charge in [0.1, 0.15) is 10.7 Å². The van der Waals surface area contributed by atoms with Crippen molar-refractivity contribution in [1.82, 2.24) is 4.90 Å². The SMILES string of the molecule is CCN(CC)C(=O)C1=C(S(N)(=O)=O)C(OC)=CC(C)C1C. The van der Waals surface area contributed by atoms with Crippen molar-refractivity contribution in [2.24, 2.45) is 17.0 Å². The summed E-state index contributed by atoms with van der Waals surface area (Å²) in [6.45, 7) is 8.45. The maximum Gasteiger partial charge on any atom is 0.251 e. The molecule has 2 N–H and O–H groups in total. The highest BCUT2D eigenvalue weighted by molar-refractivity contribution is 7.93. The van der Waals surface area contributed by atoms with Gasteiger partial charge in [0.15, 0.2) is 0 Å². The number of carbonyl (C=O) groups is 1. The topological polar surface area (TPSA) is 89.7 Å². The lowest BCUT2D eigenvalue weighted by molar-refractivity contribution is -0.127. The summed E-state index contributed by atoms with van der Waals surface area (Å²) in [5, 5.41) is 5.32. The van der Waals surface area contributed by atoms with Crippen LogP contribution in [0, 0.1) is 11.8 Å². The molecule has 1 rings (SSSR count).